The molecule has 0 heterocycles. The fourth-order valence-corrected chi connectivity index (χ4v) is 0.955. The molecule has 0 aliphatic carbocycles. The number of ether oxygens (including phenoxy) is 1. The van der Waals surface area contributed by atoms with E-state index in [2.05, 4.69) is 5.92 Å². The molecule has 76 valence electrons. The smallest absolute Gasteiger partial charge is 0.427 e. The van der Waals surface area contributed by atoms with Crippen molar-refractivity contribution >= 4 is 6.08 Å². The Balaban J connectivity index is 2.85. The number of hydrogen-bond acceptors (Lipinski definition) is 3. The van der Waals surface area contributed by atoms with Crippen LogP contribution in [0.3, 0.4) is 0 Å². The van der Waals surface area contributed by atoms with Crippen LogP contribution in [0.25, 0.3) is 6.08 Å². The predicted molar refractivity (Wildman–Crippen MR) is 56.2 cm³/mol. The summed E-state index contributed by atoms with van der Waals surface area (Å²) in [5.41, 5.74) is 0.696. The van der Waals surface area contributed by atoms with Crippen LogP contribution in [0.2, 0.25) is 0 Å². The summed E-state index contributed by atoms with van der Waals surface area (Å²) < 4.78 is 4.78. The molecule has 4 heteroatoms. The molecule has 0 atom stereocenters. The number of terminal acetylenes is 1. The summed E-state index contributed by atoms with van der Waals surface area (Å²) in [6.45, 7) is -0.111. The van der Waals surface area contributed by atoms with Crippen LogP contribution in [-0.2, 0) is 4.74 Å². The molecule has 0 aromatic heterocycles. The first-order valence-electron chi connectivity index (χ1n) is 4.21. The van der Waals surface area contributed by atoms with Gasteiger partial charge in [0.25, 0.3) is 0 Å². The lowest BCUT2D eigenvalue weighted by Crippen LogP contribution is -2.03. The molecule has 0 N–H and O–H groups in total. The standard InChI is InChI=1S/C11H9NO3/c1-2-8-15-11(12(13)14)9-10-6-4-3-5-7-10/h1,3-7,9H,8H2. The van der Waals surface area contributed by atoms with Crippen LogP contribution < -0.4 is 0 Å². The van der Waals surface area contributed by atoms with E-state index in [-0.39, 0.29) is 12.5 Å². The summed E-state index contributed by atoms with van der Waals surface area (Å²) in [6.07, 6.45) is 6.28. The number of nitrogens with zero attached hydrogens (tertiary/aromatic N) is 1. The first-order chi connectivity index (χ1) is 7.24. The van der Waals surface area contributed by atoms with Crippen molar-refractivity contribution < 1.29 is 9.66 Å². The Morgan fingerprint density at radius 3 is 2.73 bits per heavy atom. The zero-order valence-corrected chi connectivity index (χ0v) is 7.92. The number of hydrogen-bond donors (Lipinski definition) is 0. The van der Waals surface area contributed by atoms with Gasteiger partial charge in [-0.25, -0.2) is 0 Å². The summed E-state index contributed by atoms with van der Waals surface area (Å²) in [4.78, 5) is 9.95. The lowest BCUT2D eigenvalue weighted by Gasteiger charge is -1.98. The molecule has 4 nitrogen and oxygen atoms in total. The third kappa shape index (κ3) is 3.53. The molecule has 0 radical (unpaired) electrons. The van der Waals surface area contributed by atoms with Crippen molar-refractivity contribution in [1.29, 1.82) is 0 Å². The van der Waals surface area contributed by atoms with Crippen LogP contribution in [-0.4, -0.2) is 11.5 Å². The minimum atomic E-state index is -0.607. The van der Waals surface area contributed by atoms with Gasteiger partial charge in [-0.3, -0.25) is 10.1 Å². The van der Waals surface area contributed by atoms with Gasteiger partial charge >= 0.3 is 5.88 Å². The van der Waals surface area contributed by atoms with Crippen molar-refractivity contribution in [2.75, 3.05) is 6.61 Å². The van der Waals surface area contributed by atoms with Crippen molar-refractivity contribution in [3.63, 3.8) is 0 Å². The highest BCUT2D eigenvalue weighted by molar-refractivity contribution is 5.49. The Bertz CT molecular complexity index is 404. The van der Waals surface area contributed by atoms with Crippen LogP contribution in [0.4, 0.5) is 0 Å². The van der Waals surface area contributed by atoms with E-state index in [0.29, 0.717) is 5.56 Å². The summed E-state index contributed by atoms with van der Waals surface area (Å²) >= 11 is 0. The second-order valence-corrected chi connectivity index (χ2v) is 2.64. The molecule has 0 fully saturated rings. The average molecular weight is 203 g/mol. The van der Waals surface area contributed by atoms with E-state index >= 15 is 0 Å². The van der Waals surface area contributed by atoms with Crippen molar-refractivity contribution in [3.05, 3.63) is 51.9 Å². The van der Waals surface area contributed by atoms with Crippen molar-refractivity contribution in [2.45, 2.75) is 0 Å². The van der Waals surface area contributed by atoms with Crippen molar-refractivity contribution in [2.24, 2.45) is 0 Å². The first kappa shape index (κ1) is 10.8. The van der Waals surface area contributed by atoms with E-state index in [4.69, 9.17) is 11.2 Å². The fourth-order valence-electron chi connectivity index (χ4n) is 0.955. The number of benzene rings is 1. The summed E-state index contributed by atoms with van der Waals surface area (Å²) in [5.74, 6) is 1.82. The Morgan fingerprint density at radius 1 is 1.53 bits per heavy atom. The molecule has 0 aliphatic rings. The van der Waals surface area contributed by atoms with Gasteiger partial charge in [0.15, 0.2) is 6.61 Å². The highest BCUT2D eigenvalue weighted by Gasteiger charge is 2.10. The van der Waals surface area contributed by atoms with Crippen molar-refractivity contribution in [3.8, 4) is 12.3 Å². The number of nitro groups is 1. The topological polar surface area (TPSA) is 52.4 Å². The number of rotatable bonds is 4. The molecule has 0 spiro atoms. The molecule has 0 saturated carbocycles. The minimum absolute atomic E-state index is 0.111. The zero-order chi connectivity index (χ0) is 11.1. The molecule has 0 saturated heterocycles. The van der Waals surface area contributed by atoms with Crippen LogP contribution in [0.1, 0.15) is 5.56 Å². The Kier molecular flexibility index (Phi) is 3.92. The lowest BCUT2D eigenvalue weighted by atomic mass is 10.2. The molecular formula is C11H9NO3. The molecular weight excluding hydrogens is 194 g/mol. The van der Waals surface area contributed by atoms with Crippen LogP contribution in [0.15, 0.2) is 36.2 Å². The van der Waals surface area contributed by atoms with Gasteiger partial charge in [0, 0.05) is 0 Å². The Labute approximate surface area is 87.3 Å². The summed E-state index contributed by atoms with van der Waals surface area (Å²) in [7, 11) is 0. The maximum atomic E-state index is 10.6. The van der Waals surface area contributed by atoms with Crippen molar-refractivity contribution in [1.82, 2.24) is 0 Å². The van der Waals surface area contributed by atoms with Gasteiger partial charge in [0.05, 0.1) is 6.08 Å². The molecule has 0 aliphatic heterocycles. The van der Waals surface area contributed by atoms with Crippen LogP contribution in [0.5, 0.6) is 0 Å². The van der Waals surface area contributed by atoms with Gasteiger partial charge in [-0.15, -0.1) is 6.42 Å². The fraction of sp³-hybridized carbons (Fsp3) is 0.0909. The largest absolute Gasteiger partial charge is 0.429 e. The second-order valence-electron chi connectivity index (χ2n) is 2.64. The molecule has 1 aromatic carbocycles. The van der Waals surface area contributed by atoms with Gasteiger partial charge in [0.1, 0.15) is 4.92 Å². The van der Waals surface area contributed by atoms with Gasteiger partial charge in [-0.1, -0.05) is 36.3 Å². The maximum absolute atomic E-state index is 10.6. The summed E-state index contributed by atoms with van der Waals surface area (Å²) in [6, 6.07) is 8.87. The SMILES string of the molecule is C#CCOC(=Cc1ccccc1)[N+](=O)[O-]. The van der Waals surface area contributed by atoms with Gasteiger partial charge in [0.2, 0.25) is 0 Å². The van der Waals surface area contributed by atoms with Crippen LogP contribution >= 0.6 is 0 Å². The molecule has 1 rings (SSSR count). The van der Waals surface area contributed by atoms with E-state index in [1.54, 1.807) is 24.3 Å². The third-order valence-electron chi connectivity index (χ3n) is 1.57. The second kappa shape index (κ2) is 5.45. The van der Waals surface area contributed by atoms with E-state index in [1.165, 1.54) is 6.08 Å². The van der Waals surface area contributed by atoms with Gasteiger partial charge in [-0.2, -0.15) is 0 Å². The van der Waals surface area contributed by atoms with Gasteiger partial charge in [-0.05, 0) is 5.56 Å². The van der Waals surface area contributed by atoms with Crippen LogP contribution in [0, 0.1) is 22.5 Å². The van der Waals surface area contributed by atoms with E-state index in [9.17, 15) is 10.1 Å². The Hall–Kier alpha value is -2.28. The molecule has 0 bridgehead atoms. The Morgan fingerprint density at radius 2 is 2.20 bits per heavy atom. The maximum Gasteiger partial charge on any atom is 0.429 e. The summed E-state index contributed by atoms with van der Waals surface area (Å²) in [5, 5.41) is 10.6. The average Bonchev–Trinajstić information content (AvgIpc) is 2.25. The molecule has 0 amide bonds. The predicted octanol–water partition coefficient (Wildman–Crippen LogP) is 1.91. The highest BCUT2D eigenvalue weighted by atomic mass is 16.7. The molecule has 15 heavy (non-hydrogen) atoms. The highest BCUT2D eigenvalue weighted by Crippen LogP contribution is 2.07. The molecule has 0 unspecified atom stereocenters. The first-order valence-corrected chi connectivity index (χ1v) is 4.21. The zero-order valence-electron chi connectivity index (χ0n) is 7.92. The molecule has 1 aromatic rings. The third-order valence-corrected chi connectivity index (χ3v) is 1.57. The van der Waals surface area contributed by atoms with Gasteiger partial charge < -0.3 is 4.74 Å². The quantitative estimate of drug-likeness (QED) is 0.325. The lowest BCUT2D eigenvalue weighted by molar-refractivity contribution is -0.460. The monoisotopic (exact) mass is 203 g/mol. The van der Waals surface area contributed by atoms with E-state index < -0.39 is 4.92 Å². The van der Waals surface area contributed by atoms with E-state index in [0.717, 1.165) is 0 Å². The normalized spacial score (nSPS) is 10.5. The van der Waals surface area contributed by atoms with E-state index in [1.807, 2.05) is 6.07 Å². The minimum Gasteiger partial charge on any atom is -0.427 e.